The molecule has 9 heteroatoms. The van der Waals surface area contributed by atoms with Crippen molar-refractivity contribution in [3.05, 3.63) is 0 Å². The number of carbonyl (C=O) groups is 4. The fourth-order valence-electron chi connectivity index (χ4n) is 5.36. The number of amides is 2. The minimum atomic E-state index is -1.96. The molecule has 3 atom stereocenters. The van der Waals surface area contributed by atoms with E-state index in [1.165, 1.54) is 4.90 Å². The van der Waals surface area contributed by atoms with Crippen LogP contribution in [0.15, 0.2) is 0 Å². The molecule has 0 aromatic carbocycles. The largest absolute Gasteiger partial charge is 0.479 e. The van der Waals surface area contributed by atoms with Gasteiger partial charge in [-0.2, -0.15) is 0 Å². The Labute approximate surface area is 183 Å². The fourth-order valence-corrected chi connectivity index (χ4v) is 5.36. The number of alkyl carbamates (subject to hydrolysis) is 1. The van der Waals surface area contributed by atoms with Crippen molar-refractivity contribution in [1.29, 1.82) is 0 Å². The molecule has 2 fully saturated rings. The number of nitrogens with one attached hydrogen (secondary N) is 1. The minimum absolute atomic E-state index is 0.0321. The molecule has 1 unspecified atom stereocenters. The zero-order valence-electron chi connectivity index (χ0n) is 19.2. The monoisotopic (exact) mass is 440 g/mol. The molecule has 1 saturated carbocycles. The fraction of sp³-hybridized carbons (Fsp3) is 0.818. The number of rotatable bonds is 6. The molecule has 1 aliphatic heterocycles. The van der Waals surface area contributed by atoms with E-state index in [9.17, 15) is 29.4 Å². The summed E-state index contributed by atoms with van der Waals surface area (Å²) in [6.45, 7) is 7.87. The molecule has 0 spiro atoms. The molecule has 3 N–H and O–H groups in total. The average molecular weight is 441 g/mol. The SMILES string of the molecule is CCC1[C@](CC)(C(=O)O)N(C(=O)C2CCCCC2)C[C@@]1(NC(=O)OC(C)(C)C)C(=O)O. The molecule has 0 radical (unpaired) electrons. The van der Waals surface area contributed by atoms with E-state index in [1.807, 2.05) is 0 Å². The molecule has 2 rings (SSSR count). The lowest BCUT2D eigenvalue weighted by atomic mass is 9.72. The first kappa shape index (κ1) is 24.9. The molecular formula is C22H36N2O7. The van der Waals surface area contributed by atoms with Crippen molar-refractivity contribution in [2.45, 2.75) is 96.2 Å². The Balaban J connectivity index is 2.56. The highest BCUT2D eigenvalue weighted by atomic mass is 16.6. The summed E-state index contributed by atoms with van der Waals surface area (Å²) in [6.07, 6.45) is 3.34. The predicted molar refractivity (Wildman–Crippen MR) is 112 cm³/mol. The van der Waals surface area contributed by atoms with Gasteiger partial charge in [-0.3, -0.25) is 4.79 Å². The van der Waals surface area contributed by atoms with E-state index in [-0.39, 0.29) is 24.7 Å². The van der Waals surface area contributed by atoms with Gasteiger partial charge in [0.15, 0.2) is 5.54 Å². The maximum Gasteiger partial charge on any atom is 0.408 e. The summed E-state index contributed by atoms with van der Waals surface area (Å²) in [5, 5.41) is 23.0. The number of carboxylic acids is 2. The summed E-state index contributed by atoms with van der Waals surface area (Å²) < 4.78 is 5.28. The van der Waals surface area contributed by atoms with E-state index in [0.717, 1.165) is 19.3 Å². The van der Waals surface area contributed by atoms with Gasteiger partial charge in [-0.05, 0) is 46.5 Å². The van der Waals surface area contributed by atoms with E-state index in [1.54, 1.807) is 34.6 Å². The Kier molecular flexibility index (Phi) is 7.28. The van der Waals surface area contributed by atoms with E-state index in [4.69, 9.17) is 4.74 Å². The van der Waals surface area contributed by atoms with Crippen molar-refractivity contribution >= 4 is 23.9 Å². The zero-order valence-corrected chi connectivity index (χ0v) is 19.2. The second-order valence-electron chi connectivity index (χ2n) is 9.71. The van der Waals surface area contributed by atoms with E-state index >= 15 is 0 Å². The van der Waals surface area contributed by atoms with Crippen LogP contribution in [0, 0.1) is 11.8 Å². The van der Waals surface area contributed by atoms with Crippen LogP contribution in [-0.2, 0) is 19.1 Å². The van der Waals surface area contributed by atoms with Gasteiger partial charge in [0, 0.05) is 11.8 Å². The first-order valence-electron chi connectivity index (χ1n) is 11.1. The molecule has 9 nitrogen and oxygen atoms in total. The first-order chi connectivity index (χ1) is 14.4. The van der Waals surface area contributed by atoms with Crippen molar-refractivity contribution in [3.63, 3.8) is 0 Å². The van der Waals surface area contributed by atoms with Crippen LogP contribution >= 0.6 is 0 Å². The van der Waals surface area contributed by atoms with Crippen LogP contribution in [-0.4, -0.2) is 62.3 Å². The van der Waals surface area contributed by atoms with Crippen LogP contribution in [0.5, 0.6) is 0 Å². The van der Waals surface area contributed by atoms with Crippen molar-refractivity contribution in [1.82, 2.24) is 10.2 Å². The number of carboxylic acid groups (broad SMARTS) is 2. The molecule has 0 bridgehead atoms. The van der Waals surface area contributed by atoms with Gasteiger partial charge in [0.1, 0.15) is 11.1 Å². The normalized spacial score (nSPS) is 29.5. The lowest BCUT2D eigenvalue weighted by molar-refractivity contribution is -0.162. The number of nitrogens with zero attached hydrogens (tertiary/aromatic N) is 1. The molecule has 1 heterocycles. The number of carbonyl (C=O) groups excluding carboxylic acids is 2. The predicted octanol–water partition coefficient (Wildman–Crippen LogP) is 3.02. The molecule has 0 aromatic heterocycles. The maximum atomic E-state index is 13.5. The van der Waals surface area contributed by atoms with Gasteiger partial charge in [-0.15, -0.1) is 0 Å². The lowest BCUT2D eigenvalue weighted by Gasteiger charge is -2.40. The summed E-state index contributed by atoms with van der Waals surface area (Å²) in [4.78, 5) is 52.5. The second kappa shape index (κ2) is 9.04. The first-order valence-corrected chi connectivity index (χ1v) is 11.1. The van der Waals surface area contributed by atoms with E-state index in [2.05, 4.69) is 5.32 Å². The summed E-state index contributed by atoms with van der Waals surface area (Å²) in [5.41, 5.74) is -4.55. The van der Waals surface area contributed by atoms with Crippen LogP contribution in [0.25, 0.3) is 0 Å². The molecular weight excluding hydrogens is 404 g/mol. The van der Waals surface area contributed by atoms with Crippen molar-refractivity contribution < 1.29 is 34.1 Å². The summed E-state index contributed by atoms with van der Waals surface area (Å²) in [6, 6.07) is 0. The number of hydrogen-bond acceptors (Lipinski definition) is 5. The lowest BCUT2D eigenvalue weighted by Crippen LogP contribution is -2.63. The van der Waals surface area contributed by atoms with Crippen LogP contribution in [0.1, 0.15) is 79.6 Å². The second-order valence-corrected chi connectivity index (χ2v) is 9.71. The third kappa shape index (κ3) is 4.50. The standard InChI is InChI=1S/C22H36N2O7/c1-6-15-21(17(26)27,23-19(30)31-20(3,4)5)13-24(22(15,7-2)18(28)29)16(25)14-11-9-8-10-12-14/h14-15H,6-13H2,1-5H3,(H,23,30)(H,26,27)(H,28,29)/t15?,21-,22+/m0/s1. The van der Waals surface area contributed by atoms with Crippen molar-refractivity contribution in [3.8, 4) is 0 Å². The summed E-state index contributed by atoms with van der Waals surface area (Å²) in [5.74, 6) is -4.32. The minimum Gasteiger partial charge on any atom is -0.479 e. The smallest absolute Gasteiger partial charge is 0.408 e. The number of hydrogen-bond donors (Lipinski definition) is 3. The molecule has 31 heavy (non-hydrogen) atoms. The Morgan fingerprint density at radius 2 is 1.61 bits per heavy atom. The summed E-state index contributed by atoms with van der Waals surface area (Å²) in [7, 11) is 0. The Morgan fingerprint density at radius 3 is 2.03 bits per heavy atom. The van der Waals surface area contributed by atoms with Gasteiger partial charge in [0.05, 0.1) is 6.54 Å². The van der Waals surface area contributed by atoms with Gasteiger partial charge < -0.3 is 25.2 Å². The molecule has 2 aliphatic rings. The zero-order chi connectivity index (χ0) is 23.6. The topological polar surface area (TPSA) is 133 Å². The van der Waals surface area contributed by atoms with Crippen LogP contribution in [0.4, 0.5) is 4.79 Å². The number of ether oxygens (including phenoxy) is 1. The van der Waals surface area contributed by atoms with E-state index in [0.29, 0.717) is 12.8 Å². The third-order valence-corrected chi connectivity index (χ3v) is 6.70. The van der Waals surface area contributed by atoms with Crippen molar-refractivity contribution in [2.75, 3.05) is 6.54 Å². The number of aliphatic carboxylic acids is 2. The van der Waals surface area contributed by atoms with Gasteiger partial charge >= 0.3 is 18.0 Å². The molecule has 0 aromatic rings. The molecule has 176 valence electrons. The quantitative estimate of drug-likeness (QED) is 0.578. The Hall–Kier alpha value is -2.32. The summed E-state index contributed by atoms with van der Waals surface area (Å²) >= 11 is 0. The van der Waals surface area contributed by atoms with Gasteiger partial charge in [0.2, 0.25) is 5.91 Å². The number of likely N-dealkylation sites (tertiary alicyclic amines) is 1. The average Bonchev–Trinajstić information content (AvgIpc) is 2.97. The maximum absolute atomic E-state index is 13.5. The Bertz CT molecular complexity index is 726. The highest BCUT2D eigenvalue weighted by Crippen LogP contribution is 2.47. The Morgan fingerprint density at radius 1 is 1.03 bits per heavy atom. The van der Waals surface area contributed by atoms with E-state index < -0.39 is 47.2 Å². The molecule has 2 amide bonds. The molecule has 1 saturated heterocycles. The van der Waals surface area contributed by atoms with Gasteiger partial charge in [-0.1, -0.05) is 33.1 Å². The van der Waals surface area contributed by atoms with Gasteiger partial charge in [0.25, 0.3) is 0 Å². The van der Waals surface area contributed by atoms with Gasteiger partial charge in [-0.25, -0.2) is 14.4 Å². The highest BCUT2D eigenvalue weighted by Gasteiger charge is 2.69. The van der Waals surface area contributed by atoms with Crippen LogP contribution in [0.3, 0.4) is 0 Å². The van der Waals surface area contributed by atoms with Crippen molar-refractivity contribution in [2.24, 2.45) is 11.8 Å². The van der Waals surface area contributed by atoms with Crippen LogP contribution in [0.2, 0.25) is 0 Å². The highest BCUT2D eigenvalue weighted by molar-refractivity contribution is 5.95. The van der Waals surface area contributed by atoms with Crippen LogP contribution < -0.4 is 5.32 Å². The third-order valence-electron chi connectivity index (χ3n) is 6.70. The molecule has 1 aliphatic carbocycles.